The first-order valence-electron chi connectivity index (χ1n) is 7.52. The van der Waals surface area contributed by atoms with Gasteiger partial charge in [-0.1, -0.05) is 48.0 Å². The minimum Gasteiger partial charge on any atom is -0.378 e. The average molecular weight is 313 g/mol. The second kappa shape index (κ2) is 5.67. The van der Waals surface area contributed by atoms with Gasteiger partial charge >= 0.3 is 0 Å². The van der Waals surface area contributed by atoms with Crippen LogP contribution in [0.1, 0.15) is 0 Å². The van der Waals surface area contributed by atoms with Gasteiger partial charge in [-0.3, -0.25) is 4.57 Å². The predicted molar refractivity (Wildman–Crippen MR) is 92.0 cm³/mol. The van der Waals surface area contributed by atoms with Crippen LogP contribution in [0.3, 0.4) is 0 Å². The van der Waals surface area contributed by atoms with Gasteiger partial charge in [-0.05, 0) is 12.1 Å². The van der Waals surface area contributed by atoms with Crippen LogP contribution in [0.5, 0.6) is 0 Å². The van der Waals surface area contributed by atoms with Crippen molar-refractivity contribution in [2.45, 2.75) is 0 Å². The van der Waals surface area contributed by atoms with Gasteiger partial charge in [-0.2, -0.15) is 0 Å². The van der Waals surface area contributed by atoms with Gasteiger partial charge in [0.2, 0.25) is 0 Å². The molecular weight excluding hydrogens is 296 g/mol. The highest BCUT2D eigenvalue weighted by Gasteiger charge is 2.19. The second-order valence-corrected chi connectivity index (χ2v) is 5.65. The van der Waals surface area contributed by atoms with Crippen molar-refractivity contribution in [2.24, 2.45) is 0 Å². The summed E-state index contributed by atoms with van der Waals surface area (Å²) in [6.07, 6.45) is 0. The number of rotatable bonds is 2. The molecule has 3 nitrogen and oxygen atoms in total. The van der Waals surface area contributed by atoms with Crippen LogP contribution >= 0.6 is 11.6 Å². The normalized spacial score (nSPS) is 16.6. The summed E-state index contributed by atoms with van der Waals surface area (Å²) in [5.41, 5.74) is 4.05. The van der Waals surface area contributed by atoms with Crippen molar-refractivity contribution in [1.82, 2.24) is 9.47 Å². The smallest absolute Gasteiger partial charge is 0.125 e. The van der Waals surface area contributed by atoms with E-state index in [4.69, 9.17) is 16.3 Å². The van der Waals surface area contributed by atoms with Crippen molar-refractivity contribution in [2.75, 3.05) is 26.3 Å². The summed E-state index contributed by atoms with van der Waals surface area (Å²) in [4.78, 5) is 2.29. The molecule has 1 aromatic heterocycles. The Balaban J connectivity index is 1.99. The zero-order chi connectivity index (χ0) is 14.9. The van der Waals surface area contributed by atoms with E-state index in [0.717, 1.165) is 32.1 Å². The first kappa shape index (κ1) is 13.7. The largest absolute Gasteiger partial charge is 0.378 e. The van der Waals surface area contributed by atoms with E-state index in [9.17, 15) is 0 Å². The van der Waals surface area contributed by atoms with Gasteiger partial charge < -0.3 is 9.64 Å². The van der Waals surface area contributed by atoms with Gasteiger partial charge in [0.05, 0.1) is 24.2 Å². The number of ether oxygens (including phenoxy) is 1. The molecule has 3 aromatic rings. The van der Waals surface area contributed by atoms with Crippen molar-refractivity contribution in [3.8, 4) is 0 Å². The molecule has 1 saturated heterocycles. The van der Waals surface area contributed by atoms with Crippen LogP contribution in [-0.4, -0.2) is 35.8 Å². The molecule has 2 heterocycles. The van der Waals surface area contributed by atoms with Gasteiger partial charge in [0.15, 0.2) is 0 Å². The molecule has 0 saturated carbocycles. The second-order valence-electron chi connectivity index (χ2n) is 5.44. The molecule has 112 valence electrons. The van der Waals surface area contributed by atoms with E-state index in [2.05, 4.69) is 58.0 Å². The molecule has 0 bridgehead atoms. The van der Waals surface area contributed by atoms with Crippen LogP contribution in [0.4, 0.5) is 0 Å². The maximum atomic E-state index is 6.23. The van der Waals surface area contributed by atoms with Gasteiger partial charge in [0.1, 0.15) is 5.82 Å². The van der Waals surface area contributed by atoms with E-state index in [1.165, 1.54) is 21.8 Å². The Bertz CT molecular complexity index is 793. The number of fused-ring (bicyclic) bond motifs is 3. The van der Waals surface area contributed by atoms with E-state index in [-0.39, 0.29) is 0 Å². The number of hydrogen-bond acceptors (Lipinski definition) is 2. The molecule has 4 rings (SSSR count). The van der Waals surface area contributed by atoms with E-state index < -0.39 is 0 Å². The maximum absolute atomic E-state index is 6.23. The molecule has 4 heteroatoms. The van der Waals surface area contributed by atoms with E-state index in [0.29, 0.717) is 0 Å². The van der Waals surface area contributed by atoms with Crippen molar-refractivity contribution >= 4 is 39.2 Å². The molecular formula is C18H17ClN2O. The summed E-state index contributed by atoms with van der Waals surface area (Å²) < 4.78 is 7.72. The topological polar surface area (TPSA) is 17.4 Å². The SMILES string of the molecule is Cl/C=C(/N1CCOCC1)n1c2ccccc2c2ccccc21. The molecule has 0 N–H and O–H groups in total. The molecule has 1 fully saturated rings. The molecule has 1 aliphatic heterocycles. The molecule has 1 aliphatic rings. The minimum atomic E-state index is 0.741. The first-order chi connectivity index (χ1) is 10.9. The summed E-state index contributed by atoms with van der Waals surface area (Å²) >= 11 is 6.23. The number of hydrogen-bond donors (Lipinski definition) is 0. The Kier molecular flexibility index (Phi) is 3.53. The fourth-order valence-corrected chi connectivity index (χ4v) is 3.46. The fourth-order valence-electron chi connectivity index (χ4n) is 3.22. The molecule has 2 aromatic carbocycles. The third-order valence-corrected chi connectivity index (χ3v) is 4.44. The third-order valence-electron chi connectivity index (χ3n) is 4.24. The number of nitrogens with zero attached hydrogens (tertiary/aromatic N) is 2. The third kappa shape index (κ3) is 2.09. The number of aromatic nitrogens is 1. The molecule has 0 amide bonds. The van der Waals surface area contributed by atoms with Gasteiger partial charge in [-0.25, -0.2) is 0 Å². The fraction of sp³-hybridized carbons (Fsp3) is 0.222. The van der Waals surface area contributed by atoms with Gasteiger partial charge in [-0.15, -0.1) is 0 Å². The van der Waals surface area contributed by atoms with Crippen LogP contribution in [-0.2, 0) is 4.74 Å². The van der Waals surface area contributed by atoms with Crippen molar-refractivity contribution in [3.63, 3.8) is 0 Å². The molecule has 0 aliphatic carbocycles. The maximum Gasteiger partial charge on any atom is 0.125 e. The monoisotopic (exact) mass is 312 g/mol. The summed E-state index contributed by atoms with van der Waals surface area (Å²) in [5.74, 6) is 1.02. The lowest BCUT2D eigenvalue weighted by molar-refractivity contribution is 0.0620. The van der Waals surface area contributed by atoms with Crippen molar-refractivity contribution in [3.05, 3.63) is 54.1 Å². The lowest BCUT2D eigenvalue weighted by atomic mass is 10.2. The van der Waals surface area contributed by atoms with E-state index >= 15 is 0 Å². The van der Waals surface area contributed by atoms with Crippen molar-refractivity contribution in [1.29, 1.82) is 0 Å². The number of morpholine rings is 1. The molecule has 0 atom stereocenters. The average Bonchev–Trinajstić information content (AvgIpc) is 2.92. The molecule has 0 spiro atoms. The van der Waals surface area contributed by atoms with E-state index in [1.807, 2.05) is 0 Å². The highest BCUT2D eigenvalue weighted by Crippen LogP contribution is 2.32. The van der Waals surface area contributed by atoms with Crippen LogP contribution in [0.15, 0.2) is 54.1 Å². The van der Waals surface area contributed by atoms with E-state index in [1.54, 1.807) is 5.54 Å². The summed E-state index contributed by atoms with van der Waals surface area (Å²) in [5, 5.41) is 2.50. The summed E-state index contributed by atoms with van der Waals surface area (Å²) in [6, 6.07) is 16.9. The zero-order valence-corrected chi connectivity index (χ0v) is 13.0. The van der Waals surface area contributed by atoms with Gasteiger partial charge in [0, 0.05) is 29.4 Å². The highest BCUT2D eigenvalue weighted by atomic mass is 35.5. The molecule has 22 heavy (non-hydrogen) atoms. The Labute approximate surface area is 134 Å². The Hall–Kier alpha value is -1.97. The lowest BCUT2D eigenvalue weighted by Gasteiger charge is -2.31. The number of benzene rings is 2. The number of halogens is 1. The standard InChI is InChI=1S/C18H17ClN2O/c19-13-18(20-9-11-22-12-10-20)21-16-7-3-1-5-14(16)15-6-2-4-8-17(15)21/h1-8,13H,9-12H2/b18-13-. The van der Waals surface area contributed by atoms with Crippen LogP contribution in [0, 0.1) is 0 Å². The zero-order valence-electron chi connectivity index (χ0n) is 12.2. The lowest BCUT2D eigenvalue weighted by Crippen LogP contribution is -2.36. The Morgan fingerprint density at radius 2 is 1.45 bits per heavy atom. The Morgan fingerprint density at radius 3 is 2.00 bits per heavy atom. The van der Waals surface area contributed by atoms with Crippen LogP contribution in [0.25, 0.3) is 27.6 Å². The first-order valence-corrected chi connectivity index (χ1v) is 7.95. The number of para-hydroxylation sites is 2. The minimum absolute atomic E-state index is 0.741. The highest BCUT2D eigenvalue weighted by molar-refractivity contribution is 6.28. The quantitative estimate of drug-likeness (QED) is 0.708. The molecule has 0 unspecified atom stereocenters. The van der Waals surface area contributed by atoms with Crippen molar-refractivity contribution < 1.29 is 4.74 Å². The molecule has 0 radical (unpaired) electrons. The van der Waals surface area contributed by atoms with Gasteiger partial charge in [0.25, 0.3) is 0 Å². The van der Waals surface area contributed by atoms with Crippen LogP contribution < -0.4 is 0 Å². The Morgan fingerprint density at radius 1 is 0.909 bits per heavy atom. The summed E-state index contributed by atoms with van der Waals surface area (Å²) in [6.45, 7) is 3.20. The summed E-state index contributed by atoms with van der Waals surface area (Å²) in [7, 11) is 0. The van der Waals surface area contributed by atoms with Crippen LogP contribution in [0.2, 0.25) is 0 Å². The predicted octanol–water partition coefficient (Wildman–Crippen LogP) is 4.12.